The van der Waals surface area contributed by atoms with Gasteiger partial charge in [-0.1, -0.05) is 0 Å². The van der Waals surface area contributed by atoms with Gasteiger partial charge in [0.1, 0.15) is 5.60 Å². The van der Waals surface area contributed by atoms with E-state index in [1.54, 1.807) is 12.4 Å². The Morgan fingerprint density at radius 2 is 1.81 bits per heavy atom. The summed E-state index contributed by atoms with van der Waals surface area (Å²) in [6, 6.07) is 7.87. The summed E-state index contributed by atoms with van der Waals surface area (Å²) in [7, 11) is 0. The highest BCUT2D eigenvalue weighted by molar-refractivity contribution is 5.68. The SMILES string of the molecule is CC(C)(C)OC(=O)N1CC2CN(c3ccc(-c4cccnc4)nn3)CC2C1. The summed E-state index contributed by atoms with van der Waals surface area (Å²) in [5.41, 5.74) is 1.33. The van der Waals surface area contributed by atoms with Crippen LogP contribution in [0.5, 0.6) is 0 Å². The zero-order chi connectivity index (χ0) is 19.0. The third-order valence-electron chi connectivity index (χ3n) is 5.07. The minimum atomic E-state index is -0.452. The number of hydrogen-bond acceptors (Lipinski definition) is 6. The number of likely N-dealkylation sites (tertiary alicyclic amines) is 1. The summed E-state index contributed by atoms with van der Waals surface area (Å²) in [5, 5.41) is 8.76. The van der Waals surface area contributed by atoms with Crippen molar-refractivity contribution in [2.45, 2.75) is 26.4 Å². The second kappa shape index (κ2) is 6.79. The van der Waals surface area contributed by atoms with Crippen molar-refractivity contribution in [2.24, 2.45) is 11.8 Å². The molecule has 0 aromatic carbocycles. The van der Waals surface area contributed by atoms with Crippen LogP contribution in [-0.2, 0) is 4.74 Å². The van der Waals surface area contributed by atoms with E-state index in [4.69, 9.17) is 4.74 Å². The number of carbonyl (C=O) groups excluding carboxylic acids is 1. The predicted molar refractivity (Wildman–Crippen MR) is 102 cm³/mol. The minimum absolute atomic E-state index is 0.205. The Morgan fingerprint density at radius 3 is 2.37 bits per heavy atom. The summed E-state index contributed by atoms with van der Waals surface area (Å²) in [5.74, 6) is 1.80. The van der Waals surface area contributed by atoms with Crippen LogP contribution in [0.3, 0.4) is 0 Å². The van der Waals surface area contributed by atoms with E-state index in [1.807, 2.05) is 49.9 Å². The Labute approximate surface area is 159 Å². The van der Waals surface area contributed by atoms with Crippen LogP contribution in [0.15, 0.2) is 36.7 Å². The van der Waals surface area contributed by atoms with Crippen molar-refractivity contribution in [3.63, 3.8) is 0 Å². The number of amides is 1. The number of hydrogen-bond donors (Lipinski definition) is 0. The van der Waals surface area contributed by atoms with E-state index in [-0.39, 0.29) is 6.09 Å². The van der Waals surface area contributed by atoms with Crippen molar-refractivity contribution >= 4 is 11.9 Å². The highest BCUT2D eigenvalue weighted by atomic mass is 16.6. The largest absolute Gasteiger partial charge is 0.444 e. The minimum Gasteiger partial charge on any atom is -0.444 e. The van der Waals surface area contributed by atoms with Gasteiger partial charge in [-0.05, 0) is 45.0 Å². The molecule has 2 aliphatic rings. The van der Waals surface area contributed by atoms with Gasteiger partial charge in [0, 0.05) is 56.0 Å². The van der Waals surface area contributed by atoms with Gasteiger partial charge in [-0.15, -0.1) is 10.2 Å². The molecule has 2 aliphatic heterocycles. The third kappa shape index (κ3) is 3.86. The normalized spacial score (nSPS) is 22.0. The lowest BCUT2D eigenvalue weighted by Gasteiger charge is -2.26. The van der Waals surface area contributed by atoms with Gasteiger partial charge in [0.2, 0.25) is 0 Å². The standard InChI is InChI=1S/C20H25N5O2/c1-20(2,3)27-19(26)25-12-15-10-24(11-16(15)13-25)18-7-6-17(22-23-18)14-5-4-8-21-9-14/h4-9,15-16H,10-13H2,1-3H3. The van der Waals surface area contributed by atoms with E-state index in [0.717, 1.165) is 43.3 Å². The van der Waals surface area contributed by atoms with Gasteiger partial charge >= 0.3 is 6.09 Å². The van der Waals surface area contributed by atoms with Crippen molar-refractivity contribution in [1.82, 2.24) is 20.1 Å². The van der Waals surface area contributed by atoms with E-state index in [2.05, 4.69) is 20.1 Å². The number of rotatable bonds is 2. The van der Waals surface area contributed by atoms with Crippen LogP contribution in [0.4, 0.5) is 10.6 Å². The highest BCUT2D eigenvalue weighted by Gasteiger charge is 2.43. The molecule has 2 saturated heterocycles. The molecule has 2 fully saturated rings. The first kappa shape index (κ1) is 17.7. The average Bonchev–Trinajstić information content (AvgIpc) is 3.20. The lowest BCUT2D eigenvalue weighted by molar-refractivity contribution is 0.0282. The molecule has 27 heavy (non-hydrogen) atoms. The molecule has 142 valence electrons. The maximum Gasteiger partial charge on any atom is 0.410 e. The quantitative estimate of drug-likeness (QED) is 0.813. The Hall–Kier alpha value is -2.70. The average molecular weight is 367 g/mol. The van der Waals surface area contributed by atoms with Crippen LogP contribution >= 0.6 is 0 Å². The molecule has 2 unspecified atom stereocenters. The number of ether oxygens (including phenoxy) is 1. The summed E-state index contributed by atoms with van der Waals surface area (Å²) >= 11 is 0. The van der Waals surface area contributed by atoms with E-state index in [0.29, 0.717) is 11.8 Å². The lowest BCUT2D eigenvalue weighted by Crippen LogP contribution is -2.37. The van der Waals surface area contributed by atoms with Crippen LogP contribution in [-0.4, -0.2) is 58.0 Å². The number of fused-ring (bicyclic) bond motifs is 1. The Morgan fingerprint density at radius 1 is 1.07 bits per heavy atom. The molecule has 7 heteroatoms. The van der Waals surface area contributed by atoms with Gasteiger partial charge in [-0.25, -0.2) is 4.79 Å². The van der Waals surface area contributed by atoms with E-state index in [9.17, 15) is 4.79 Å². The molecular formula is C20H25N5O2. The van der Waals surface area contributed by atoms with Gasteiger partial charge in [0.05, 0.1) is 5.69 Å². The van der Waals surface area contributed by atoms with Gasteiger partial charge < -0.3 is 14.5 Å². The number of pyridine rings is 1. The van der Waals surface area contributed by atoms with E-state index >= 15 is 0 Å². The van der Waals surface area contributed by atoms with Crippen molar-refractivity contribution in [1.29, 1.82) is 0 Å². The van der Waals surface area contributed by atoms with Crippen LogP contribution in [0.25, 0.3) is 11.3 Å². The molecular weight excluding hydrogens is 342 g/mol. The Kier molecular flexibility index (Phi) is 4.45. The molecule has 2 aromatic heterocycles. The molecule has 7 nitrogen and oxygen atoms in total. The predicted octanol–water partition coefficient (Wildman–Crippen LogP) is 2.84. The monoisotopic (exact) mass is 367 g/mol. The van der Waals surface area contributed by atoms with Crippen LogP contribution in [0, 0.1) is 11.8 Å². The number of carbonyl (C=O) groups is 1. The highest BCUT2D eigenvalue weighted by Crippen LogP contribution is 2.34. The fraction of sp³-hybridized carbons (Fsp3) is 0.500. The van der Waals surface area contributed by atoms with Crippen molar-refractivity contribution < 1.29 is 9.53 Å². The molecule has 0 saturated carbocycles. The van der Waals surface area contributed by atoms with Crippen molar-refractivity contribution in [2.75, 3.05) is 31.1 Å². The summed E-state index contributed by atoms with van der Waals surface area (Å²) < 4.78 is 5.50. The van der Waals surface area contributed by atoms with Crippen molar-refractivity contribution in [3.05, 3.63) is 36.7 Å². The molecule has 0 bridgehead atoms. The number of aromatic nitrogens is 3. The molecule has 2 aromatic rings. The third-order valence-corrected chi connectivity index (χ3v) is 5.07. The Balaban J connectivity index is 1.37. The van der Waals surface area contributed by atoms with Crippen LogP contribution in [0.1, 0.15) is 20.8 Å². The van der Waals surface area contributed by atoms with Crippen LogP contribution < -0.4 is 4.90 Å². The first-order valence-electron chi connectivity index (χ1n) is 9.36. The van der Waals surface area contributed by atoms with Crippen molar-refractivity contribution in [3.8, 4) is 11.3 Å². The van der Waals surface area contributed by atoms with Gasteiger partial charge in [0.25, 0.3) is 0 Å². The summed E-state index contributed by atoms with van der Waals surface area (Å²) in [6.45, 7) is 8.98. The maximum atomic E-state index is 12.3. The fourth-order valence-corrected chi connectivity index (χ4v) is 3.82. The molecule has 0 N–H and O–H groups in total. The van der Waals surface area contributed by atoms with Gasteiger partial charge in [-0.2, -0.15) is 0 Å². The molecule has 0 aliphatic carbocycles. The smallest absolute Gasteiger partial charge is 0.410 e. The second-order valence-corrected chi connectivity index (χ2v) is 8.33. The summed E-state index contributed by atoms with van der Waals surface area (Å²) in [4.78, 5) is 20.5. The zero-order valence-corrected chi connectivity index (χ0v) is 16.0. The number of nitrogens with zero attached hydrogens (tertiary/aromatic N) is 5. The lowest BCUT2D eigenvalue weighted by atomic mass is 10.0. The zero-order valence-electron chi connectivity index (χ0n) is 16.0. The first-order chi connectivity index (χ1) is 12.9. The molecule has 0 spiro atoms. The fourth-order valence-electron chi connectivity index (χ4n) is 3.82. The molecule has 4 rings (SSSR count). The number of anilines is 1. The maximum absolute atomic E-state index is 12.3. The van der Waals surface area contributed by atoms with E-state index in [1.165, 1.54) is 0 Å². The molecule has 4 heterocycles. The molecule has 2 atom stereocenters. The van der Waals surface area contributed by atoms with Gasteiger partial charge in [0.15, 0.2) is 5.82 Å². The van der Waals surface area contributed by atoms with Gasteiger partial charge in [-0.3, -0.25) is 4.98 Å². The Bertz CT molecular complexity index is 789. The molecule has 0 radical (unpaired) electrons. The van der Waals surface area contributed by atoms with Crippen LogP contribution in [0.2, 0.25) is 0 Å². The van der Waals surface area contributed by atoms with E-state index < -0.39 is 5.60 Å². The second-order valence-electron chi connectivity index (χ2n) is 8.33. The first-order valence-corrected chi connectivity index (χ1v) is 9.36. The molecule has 1 amide bonds. The topological polar surface area (TPSA) is 71.5 Å². The summed E-state index contributed by atoms with van der Waals surface area (Å²) in [6.07, 6.45) is 3.33.